The molecule has 0 aliphatic carbocycles. The number of carboxylic acids is 1. The number of amides is 2. The van der Waals surface area contributed by atoms with Crippen LogP contribution in [-0.2, 0) is 4.79 Å². The highest BCUT2D eigenvalue weighted by Crippen LogP contribution is 1.68. The van der Waals surface area contributed by atoms with Gasteiger partial charge < -0.3 is 22.3 Å². The summed E-state index contributed by atoms with van der Waals surface area (Å²) in [6.45, 7) is 1.42. The number of hydrogen-bond acceptors (Lipinski definition) is 3. The molecule has 0 aromatic heterocycles. The maximum Gasteiger partial charge on any atom is 0.320 e. The lowest BCUT2D eigenvalue weighted by molar-refractivity contribution is -0.138. The number of rotatable bonds is 1. The summed E-state index contributed by atoms with van der Waals surface area (Å²) in [5.41, 5.74) is 13.3. The van der Waals surface area contributed by atoms with Crippen LogP contribution in [0.15, 0.2) is 0 Å². The van der Waals surface area contributed by atoms with Crippen LogP contribution >= 0.6 is 0 Å². The van der Waals surface area contributed by atoms with Crippen molar-refractivity contribution in [3.63, 3.8) is 0 Å². The summed E-state index contributed by atoms with van der Waals surface area (Å²) in [4.78, 5) is 18.6. The van der Waals surface area contributed by atoms with E-state index in [1.54, 1.807) is 0 Å². The fourth-order valence-electron chi connectivity index (χ4n) is 0. The van der Waals surface area contributed by atoms with Crippen molar-refractivity contribution in [1.29, 1.82) is 0 Å². The van der Waals surface area contributed by atoms with Gasteiger partial charge in [-0.05, 0) is 6.92 Å². The first-order valence-electron chi connectivity index (χ1n) is 2.41. The highest BCUT2D eigenvalue weighted by molar-refractivity contribution is 5.72. The van der Waals surface area contributed by atoms with E-state index in [1.807, 2.05) is 0 Å². The van der Waals surface area contributed by atoms with Gasteiger partial charge in [-0.1, -0.05) is 0 Å². The van der Waals surface area contributed by atoms with E-state index in [2.05, 4.69) is 11.5 Å². The van der Waals surface area contributed by atoms with Gasteiger partial charge in [-0.25, -0.2) is 4.79 Å². The highest BCUT2D eigenvalue weighted by atomic mass is 16.4. The zero-order chi connectivity index (χ0) is 8.73. The first-order valence-corrected chi connectivity index (χ1v) is 2.41. The van der Waals surface area contributed by atoms with Crippen LogP contribution in [0, 0.1) is 0 Å². The molecule has 10 heavy (non-hydrogen) atoms. The number of urea groups is 1. The quantitative estimate of drug-likeness (QED) is 0.359. The second kappa shape index (κ2) is 5.83. The Morgan fingerprint density at radius 2 is 1.50 bits per heavy atom. The molecule has 1 atom stereocenters. The molecule has 0 aliphatic heterocycles. The van der Waals surface area contributed by atoms with Gasteiger partial charge in [0.15, 0.2) is 0 Å². The minimum atomic E-state index is -0.963. The average Bonchev–Trinajstić information content (AvgIpc) is 1.63. The zero-order valence-electron chi connectivity index (χ0n) is 5.57. The summed E-state index contributed by atoms with van der Waals surface area (Å²) < 4.78 is 0. The zero-order valence-corrected chi connectivity index (χ0v) is 5.57. The van der Waals surface area contributed by atoms with Crippen LogP contribution in [0.3, 0.4) is 0 Å². The van der Waals surface area contributed by atoms with Crippen molar-refractivity contribution in [3.05, 3.63) is 0 Å². The van der Waals surface area contributed by atoms with Gasteiger partial charge in [0.2, 0.25) is 0 Å². The molecule has 2 amide bonds. The summed E-state index contributed by atoms with van der Waals surface area (Å²) in [6.07, 6.45) is 0. The Kier molecular flexibility index (Phi) is 6.70. The summed E-state index contributed by atoms with van der Waals surface area (Å²) in [7, 11) is 0. The lowest BCUT2D eigenvalue weighted by Crippen LogP contribution is -2.25. The fraction of sp³-hybridized carbons (Fsp3) is 0.500. The Morgan fingerprint density at radius 3 is 1.50 bits per heavy atom. The van der Waals surface area contributed by atoms with E-state index in [0.717, 1.165) is 0 Å². The van der Waals surface area contributed by atoms with Crippen LogP contribution in [0.2, 0.25) is 0 Å². The smallest absolute Gasteiger partial charge is 0.320 e. The molecule has 0 unspecified atom stereocenters. The molecule has 0 bridgehead atoms. The van der Waals surface area contributed by atoms with Gasteiger partial charge in [-0.3, -0.25) is 4.79 Å². The van der Waals surface area contributed by atoms with E-state index in [0.29, 0.717) is 0 Å². The number of hydrogen-bond donors (Lipinski definition) is 4. The fourth-order valence-corrected chi connectivity index (χ4v) is 0. The predicted octanol–water partition coefficient (Wildman–Crippen LogP) is -1.56. The van der Waals surface area contributed by atoms with Crippen LogP contribution in [0.1, 0.15) is 6.92 Å². The Balaban J connectivity index is 0. The lowest BCUT2D eigenvalue weighted by atomic mass is 10.4. The van der Waals surface area contributed by atoms with Gasteiger partial charge in [0.25, 0.3) is 0 Å². The van der Waals surface area contributed by atoms with Gasteiger partial charge in [-0.2, -0.15) is 0 Å². The molecular formula is C4H11N3O3. The third kappa shape index (κ3) is 29.9. The summed E-state index contributed by atoms with van der Waals surface area (Å²) in [6, 6.07) is -1.56. The summed E-state index contributed by atoms with van der Waals surface area (Å²) >= 11 is 0. The van der Waals surface area contributed by atoms with E-state index in [-0.39, 0.29) is 0 Å². The molecule has 0 radical (unpaired) electrons. The second-order valence-corrected chi connectivity index (χ2v) is 1.53. The van der Waals surface area contributed by atoms with Crippen LogP contribution in [0.5, 0.6) is 0 Å². The van der Waals surface area contributed by atoms with Crippen LogP contribution < -0.4 is 17.2 Å². The number of carbonyl (C=O) groups is 2. The lowest BCUT2D eigenvalue weighted by Gasteiger charge is -1.90. The highest BCUT2D eigenvalue weighted by Gasteiger charge is 1.99. The molecule has 6 nitrogen and oxygen atoms in total. The van der Waals surface area contributed by atoms with Gasteiger partial charge >= 0.3 is 12.0 Å². The molecule has 7 N–H and O–H groups in total. The van der Waals surface area contributed by atoms with Crippen molar-refractivity contribution in [2.75, 3.05) is 0 Å². The molecule has 6 heteroatoms. The first kappa shape index (κ1) is 11.5. The van der Waals surface area contributed by atoms with Crippen molar-refractivity contribution in [1.82, 2.24) is 0 Å². The van der Waals surface area contributed by atoms with Crippen molar-refractivity contribution in [2.24, 2.45) is 17.2 Å². The third-order valence-electron chi connectivity index (χ3n) is 0.390. The number of carbonyl (C=O) groups excluding carboxylic acids is 1. The standard InChI is InChI=1S/C3H7NO2.CH4N2O/c1-2(4)3(5)6;2-1(3)4/h2H,4H2,1H3,(H,5,6);(H4,2,3,4)/t2-;/m1./s1. The van der Waals surface area contributed by atoms with Crippen LogP contribution in [-0.4, -0.2) is 23.1 Å². The third-order valence-corrected chi connectivity index (χ3v) is 0.390. The predicted molar refractivity (Wildman–Crippen MR) is 35.1 cm³/mol. The Bertz CT molecular complexity index is 119. The molecule has 0 spiro atoms. The monoisotopic (exact) mass is 149 g/mol. The molecule has 0 saturated carbocycles. The largest absolute Gasteiger partial charge is 0.480 e. The Labute approximate surface area is 58.0 Å². The SMILES string of the molecule is C[C@@H](N)C(=O)O.NC(N)=O. The topological polar surface area (TPSA) is 132 Å². The normalized spacial score (nSPS) is 10.6. The Morgan fingerprint density at radius 1 is 1.40 bits per heavy atom. The number of carboxylic acid groups (broad SMARTS) is 1. The van der Waals surface area contributed by atoms with E-state index in [4.69, 9.17) is 15.6 Å². The van der Waals surface area contributed by atoms with Gasteiger partial charge in [-0.15, -0.1) is 0 Å². The van der Waals surface area contributed by atoms with E-state index in [1.165, 1.54) is 6.92 Å². The van der Waals surface area contributed by atoms with Crippen molar-refractivity contribution in [3.8, 4) is 0 Å². The Hall–Kier alpha value is -1.30. The summed E-state index contributed by atoms with van der Waals surface area (Å²) in [5.74, 6) is -0.963. The minimum absolute atomic E-state index is 0.731. The van der Waals surface area contributed by atoms with Gasteiger partial charge in [0, 0.05) is 0 Å². The second-order valence-electron chi connectivity index (χ2n) is 1.53. The molecule has 0 heterocycles. The van der Waals surface area contributed by atoms with Crippen molar-refractivity contribution in [2.45, 2.75) is 13.0 Å². The maximum absolute atomic E-state index is 9.57. The molecule has 0 fully saturated rings. The molecule has 0 saturated heterocycles. The maximum atomic E-state index is 9.57. The molecule has 0 rings (SSSR count). The van der Waals surface area contributed by atoms with Gasteiger partial charge in [0.05, 0.1) is 0 Å². The molecular weight excluding hydrogens is 138 g/mol. The molecule has 0 aromatic rings. The first-order chi connectivity index (χ1) is 4.37. The average molecular weight is 149 g/mol. The molecule has 60 valence electrons. The van der Waals surface area contributed by atoms with Crippen molar-refractivity contribution >= 4 is 12.0 Å². The molecule has 0 aromatic carbocycles. The number of nitrogens with two attached hydrogens (primary N) is 3. The number of primary amides is 2. The van der Waals surface area contributed by atoms with Crippen LogP contribution in [0.4, 0.5) is 4.79 Å². The van der Waals surface area contributed by atoms with Crippen LogP contribution in [0.25, 0.3) is 0 Å². The molecule has 0 aliphatic rings. The van der Waals surface area contributed by atoms with E-state index in [9.17, 15) is 4.79 Å². The summed E-state index contributed by atoms with van der Waals surface area (Å²) in [5, 5.41) is 7.87. The number of aliphatic carboxylic acids is 1. The van der Waals surface area contributed by atoms with E-state index >= 15 is 0 Å². The minimum Gasteiger partial charge on any atom is -0.480 e. The van der Waals surface area contributed by atoms with Gasteiger partial charge in [0.1, 0.15) is 6.04 Å². The van der Waals surface area contributed by atoms with Crippen molar-refractivity contribution < 1.29 is 14.7 Å². The van der Waals surface area contributed by atoms with E-state index < -0.39 is 18.0 Å².